The van der Waals surface area contributed by atoms with Crippen molar-refractivity contribution in [1.82, 2.24) is 10.0 Å². The lowest BCUT2D eigenvalue weighted by molar-refractivity contribution is 0.171. The molecule has 2 N–H and O–H groups in total. The van der Waals surface area contributed by atoms with Gasteiger partial charge >= 0.3 is 6.09 Å². The number of sulfonamides is 1. The second-order valence-electron chi connectivity index (χ2n) is 6.15. The predicted octanol–water partition coefficient (Wildman–Crippen LogP) is 3.30. The fourth-order valence-electron chi connectivity index (χ4n) is 2.62. The summed E-state index contributed by atoms with van der Waals surface area (Å²) in [6.45, 7) is 6.21. The van der Waals surface area contributed by atoms with E-state index in [1.54, 1.807) is 12.1 Å². The number of benzene rings is 1. The van der Waals surface area contributed by atoms with Crippen molar-refractivity contribution in [3.05, 3.63) is 51.9 Å². The maximum Gasteiger partial charge on any atom is 0.406 e. The molecule has 6 nitrogen and oxygen atoms in total. The first-order valence-corrected chi connectivity index (χ1v) is 10.5. The number of amides is 1. The van der Waals surface area contributed by atoms with Crippen molar-refractivity contribution in [2.45, 2.75) is 37.4 Å². The van der Waals surface area contributed by atoms with E-state index in [4.69, 9.17) is 0 Å². The zero-order valence-corrected chi connectivity index (χ0v) is 17.0. The van der Waals surface area contributed by atoms with Gasteiger partial charge in [-0.05, 0) is 44.9 Å². The van der Waals surface area contributed by atoms with Gasteiger partial charge in [0.2, 0.25) is 0 Å². The third kappa shape index (κ3) is 5.55. The molecule has 1 aromatic heterocycles. The molecule has 0 spiro atoms. The van der Waals surface area contributed by atoms with Crippen LogP contribution in [0.3, 0.4) is 0 Å². The Morgan fingerprint density at radius 2 is 1.85 bits per heavy atom. The summed E-state index contributed by atoms with van der Waals surface area (Å²) < 4.78 is 32.8. The first-order chi connectivity index (χ1) is 12.2. The number of hydrogen-bond donors (Lipinski definition) is 2. The zero-order valence-electron chi connectivity index (χ0n) is 15.3. The van der Waals surface area contributed by atoms with Crippen molar-refractivity contribution < 1.29 is 17.9 Å². The first-order valence-electron chi connectivity index (χ1n) is 8.22. The highest BCUT2D eigenvalue weighted by Gasteiger charge is 2.20. The normalized spacial score (nSPS) is 12.6. The van der Waals surface area contributed by atoms with E-state index in [2.05, 4.69) is 20.8 Å². The highest BCUT2D eigenvalue weighted by Crippen LogP contribution is 2.24. The van der Waals surface area contributed by atoms with E-state index in [-0.39, 0.29) is 10.3 Å². The van der Waals surface area contributed by atoms with E-state index >= 15 is 0 Å². The number of hydrogen-bond acceptors (Lipinski definition) is 5. The van der Waals surface area contributed by atoms with Crippen LogP contribution in [0.25, 0.3) is 0 Å². The third-order valence-corrected chi connectivity index (χ3v) is 6.98. The molecule has 1 atom stereocenters. The molecule has 1 heterocycles. The molecule has 0 saturated carbocycles. The van der Waals surface area contributed by atoms with Crippen LogP contribution in [0.2, 0.25) is 0 Å². The summed E-state index contributed by atoms with van der Waals surface area (Å²) >= 11 is 1.20. The molecule has 8 heteroatoms. The fourth-order valence-corrected chi connectivity index (χ4v) is 5.22. The van der Waals surface area contributed by atoms with Gasteiger partial charge in [-0.25, -0.2) is 17.9 Å². The number of aryl methyl sites for hydroxylation is 2. The third-order valence-electron chi connectivity index (χ3n) is 3.80. The molecule has 1 aromatic carbocycles. The number of thiophene rings is 1. The number of methoxy groups -OCH3 is 1. The molecule has 0 aliphatic carbocycles. The summed E-state index contributed by atoms with van der Waals surface area (Å²) in [5, 5.41) is 2.57. The number of ether oxygens (including phenoxy) is 1. The van der Waals surface area contributed by atoms with Crippen LogP contribution in [0.1, 0.15) is 34.5 Å². The van der Waals surface area contributed by atoms with Crippen LogP contribution in [-0.2, 0) is 21.2 Å². The summed E-state index contributed by atoms with van der Waals surface area (Å²) in [7, 11) is -2.30. The van der Waals surface area contributed by atoms with Crippen molar-refractivity contribution in [3.63, 3.8) is 0 Å². The molecule has 2 aromatic rings. The van der Waals surface area contributed by atoms with E-state index in [0.29, 0.717) is 13.0 Å². The van der Waals surface area contributed by atoms with E-state index < -0.39 is 16.1 Å². The number of nitrogens with one attached hydrogen (secondary N) is 2. The summed E-state index contributed by atoms with van der Waals surface area (Å²) in [5.74, 6) is 0. The van der Waals surface area contributed by atoms with Crippen molar-refractivity contribution in [3.8, 4) is 0 Å². The SMILES string of the molecule is COC(=O)NCCc1ccc(S(=O)(=O)N[C@@H](C)c2cc(C)cc(C)c2)s1. The van der Waals surface area contributed by atoms with Crippen LogP contribution in [0, 0.1) is 13.8 Å². The Labute approximate surface area is 158 Å². The fraction of sp³-hybridized carbons (Fsp3) is 0.389. The van der Waals surface area contributed by atoms with Crippen LogP contribution in [0.5, 0.6) is 0 Å². The van der Waals surface area contributed by atoms with Crippen molar-refractivity contribution in [2.75, 3.05) is 13.7 Å². The number of carbonyl (C=O) groups is 1. The summed E-state index contributed by atoms with van der Waals surface area (Å²) in [4.78, 5) is 11.9. The minimum Gasteiger partial charge on any atom is -0.453 e. The molecule has 2 rings (SSSR count). The average molecular weight is 397 g/mol. The van der Waals surface area contributed by atoms with Gasteiger partial charge in [0.15, 0.2) is 0 Å². The molecular formula is C18H24N2O4S2. The Kier molecular flexibility index (Phi) is 6.80. The first kappa shape index (κ1) is 20.4. The number of rotatable bonds is 7. The van der Waals surface area contributed by atoms with Gasteiger partial charge in [0, 0.05) is 17.5 Å². The molecule has 0 fully saturated rings. The van der Waals surface area contributed by atoms with Gasteiger partial charge in [0.05, 0.1) is 7.11 Å². The Morgan fingerprint density at radius 3 is 2.46 bits per heavy atom. The van der Waals surface area contributed by atoms with Gasteiger partial charge < -0.3 is 10.1 Å². The van der Waals surface area contributed by atoms with Crippen LogP contribution >= 0.6 is 11.3 Å². The van der Waals surface area contributed by atoms with Crippen molar-refractivity contribution in [1.29, 1.82) is 0 Å². The highest BCUT2D eigenvalue weighted by atomic mass is 32.2. The van der Waals surface area contributed by atoms with Crippen molar-refractivity contribution >= 4 is 27.5 Å². The summed E-state index contributed by atoms with van der Waals surface area (Å²) in [6.07, 6.45) is 0.0420. The van der Waals surface area contributed by atoms with Gasteiger partial charge in [-0.1, -0.05) is 29.3 Å². The molecule has 0 aliphatic rings. The Hall–Kier alpha value is -1.90. The van der Waals surface area contributed by atoms with Gasteiger partial charge in [-0.2, -0.15) is 0 Å². The molecule has 0 unspecified atom stereocenters. The van der Waals surface area contributed by atoms with E-state index in [1.165, 1.54) is 18.4 Å². The molecular weight excluding hydrogens is 372 g/mol. The number of alkyl carbamates (subject to hydrolysis) is 1. The Morgan fingerprint density at radius 1 is 1.19 bits per heavy atom. The van der Waals surface area contributed by atoms with E-state index in [1.807, 2.05) is 32.9 Å². The average Bonchev–Trinajstić information content (AvgIpc) is 3.03. The van der Waals surface area contributed by atoms with Gasteiger partial charge in [-0.3, -0.25) is 0 Å². The minimum absolute atomic E-state index is 0.266. The van der Waals surface area contributed by atoms with Gasteiger partial charge in [-0.15, -0.1) is 11.3 Å². The van der Waals surface area contributed by atoms with Gasteiger partial charge in [0.25, 0.3) is 10.0 Å². The molecule has 1 amide bonds. The molecule has 0 saturated heterocycles. The highest BCUT2D eigenvalue weighted by molar-refractivity contribution is 7.91. The van der Waals surface area contributed by atoms with E-state index in [9.17, 15) is 13.2 Å². The lowest BCUT2D eigenvalue weighted by atomic mass is 10.0. The Balaban J connectivity index is 2.04. The second-order valence-corrected chi connectivity index (χ2v) is 9.26. The lowest BCUT2D eigenvalue weighted by Gasteiger charge is -2.15. The quantitative estimate of drug-likeness (QED) is 0.752. The molecule has 26 heavy (non-hydrogen) atoms. The summed E-state index contributed by atoms with van der Waals surface area (Å²) in [5.41, 5.74) is 3.13. The summed E-state index contributed by atoms with van der Waals surface area (Å²) in [6, 6.07) is 9.05. The number of carbonyl (C=O) groups excluding carboxylic acids is 1. The standard InChI is InChI=1S/C18H24N2O4S2/c1-12-9-13(2)11-15(10-12)14(3)20-26(22,23)17-6-5-16(25-17)7-8-19-18(21)24-4/h5-6,9-11,14,20H,7-8H2,1-4H3,(H,19,21)/t14-/m0/s1. The minimum atomic E-state index is -3.60. The molecule has 0 aliphatic heterocycles. The maximum atomic E-state index is 12.6. The monoisotopic (exact) mass is 396 g/mol. The Bertz CT molecular complexity index is 855. The topological polar surface area (TPSA) is 84.5 Å². The van der Waals surface area contributed by atoms with Crippen molar-refractivity contribution in [2.24, 2.45) is 0 Å². The predicted molar refractivity (Wildman–Crippen MR) is 103 cm³/mol. The zero-order chi connectivity index (χ0) is 19.3. The van der Waals surface area contributed by atoms with Crippen LogP contribution in [-0.4, -0.2) is 28.2 Å². The smallest absolute Gasteiger partial charge is 0.406 e. The molecule has 142 valence electrons. The molecule has 0 radical (unpaired) electrons. The largest absolute Gasteiger partial charge is 0.453 e. The van der Waals surface area contributed by atoms with Gasteiger partial charge in [0.1, 0.15) is 4.21 Å². The second kappa shape index (κ2) is 8.66. The molecule has 0 bridgehead atoms. The van der Waals surface area contributed by atoms with Crippen LogP contribution < -0.4 is 10.0 Å². The van der Waals surface area contributed by atoms with E-state index in [0.717, 1.165) is 21.6 Å². The van der Waals surface area contributed by atoms with Crippen LogP contribution in [0.15, 0.2) is 34.5 Å². The maximum absolute atomic E-state index is 12.6. The lowest BCUT2D eigenvalue weighted by Crippen LogP contribution is -2.26. The van der Waals surface area contributed by atoms with Crippen LogP contribution in [0.4, 0.5) is 4.79 Å².